The third-order valence-corrected chi connectivity index (χ3v) is 7.25. The molecule has 2 heterocycles. The minimum absolute atomic E-state index is 0.261. The average Bonchev–Trinajstić information content (AvgIpc) is 3.45. The third kappa shape index (κ3) is 5.20. The summed E-state index contributed by atoms with van der Waals surface area (Å²) in [7, 11) is 5.51. The highest BCUT2D eigenvalue weighted by atomic mass is 35.5. The van der Waals surface area contributed by atoms with E-state index in [2.05, 4.69) is 5.10 Å². The van der Waals surface area contributed by atoms with Gasteiger partial charge in [0.25, 0.3) is 5.56 Å². The van der Waals surface area contributed by atoms with Crippen LogP contribution in [0.5, 0.6) is 11.5 Å². The highest BCUT2D eigenvalue weighted by Gasteiger charge is 2.18. The van der Waals surface area contributed by atoms with Gasteiger partial charge in [0, 0.05) is 42.0 Å². The topological polar surface area (TPSA) is 82.1 Å². The first-order chi connectivity index (χ1) is 20.4. The summed E-state index contributed by atoms with van der Waals surface area (Å²) in [6, 6.07) is 27.8. The molecule has 0 fully saturated rings. The van der Waals surface area contributed by atoms with Crippen LogP contribution in [-0.4, -0.2) is 37.1 Å². The largest absolute Gasteiger partial charge is 0.496 e. The lowest BCUT2D eigenvalue weighted by Gasteiger charge is -2.16. The Labute approximate surface area is 247 Å². The third-order valence-electron chi connectivity index (χ3n) is 6.88. The molecule has 2 aromatic heterocycles. The van der Waals surface area contributed by atoms with Gasteiger partial charge >= 0.3 is 0 Å². The predicted octanol–water partition coefficient (Wildman–Crippen LogP) is 7.00. The van der Waals surface area contributed by atoms with Crippen LogP contribution < -0.4 is 19.9 Å². The minimum atomic E-state index is -0.331. The van der Waals surface area contributed by atoms with Crippen LogP contribution in [0.4, 0.5) is 5.69 Å². The normalized spacial score (nSPS) is 11.4. The molecule has 0 N–H and O–H groups in total. The van der Waals surface area contributed by atoms with Gasteiger partial charge in [-0.15, -0.1) is 0 Å². The number of nitrogens with zero attached hydrogens (tertiary/aromatic N) is 4. The summed E-state index contributed by atoms with van der Waals surface area (Å²) in [5, 5.41) is 6.45. The molecule has 0 aliphatic rings. The second-order valence-electron chi connectivity index (χ2n) is 9.79. The lowest BCUT2D eigenvalue weighted by molar-refractivity contribution is 0.306. The molecule has 0 atom stereocenters. The molecular weight excluding hydrogens is 552 g/mol. The number of furan rings is 1. The van der Waals surface area contributed by atoms with Crippen molar-refractivity contribution in [2.24, 2.45) is 5.10 Å². The van der Waals surface area contributed by atoms with Crippen LogP contribution in [0, 0.1) is 0 Å². The maximum atomic E-state index is 13.7. The summed E-state index contributed by atoms with van der Waals surface area (Å²) < 4.78 is 19.1. The van der Waals surface area contributed by atoms with Crippen molar-refractivity contribution in [1.29, 1.82) is 0 Å². The van der Waals surface area contributed by atoms with Crippen molar-refractivity contribution >= 4 is 45.4 Å². The fourth-order valence-electron chi connectivity index (χ4n) is 4.64. The first-order valence-corrected chi connectivity index (χ1v) is 13.6. The quantitative estimate of drug-likeness (QED) is 0.181. The van der Waals surface area contributed by atoms with Crippen molar-refractivity contribution in [3.05, 3.63) is 117 Å². The van der Waals surface area contributed by atoms with Crippen molar-refractivity contribution in [3.63, 3.8) is 0 Å². The van der Waals surface area contributed by atoms with Crippen molar-refractivity contribution in [2.45, 2.75) is 6.61 Å². The smallest absolute Gasteiger partial charge is 0.282 e. The van der Waals surface area contributed by atoms with Gasteiger partial charge < -0.3 is 18.8 Å². The first-order valence-electron chi connectivity index (χ1n) is 13.2. The van der Waals surface area contributed by atoms with Crippen molar-refractivity contribution in [2.75, 3.05) is 26.1 Å². The van der Waals surface area contributed by atoms with Crippen LogP contribution in [0.25, 0.3) is 33.5 Å². The molecule has 0 saturated heterocycles. The van der Waals surface area contributed by atoms with E-state index < -0.39 is 0 Å². The number of methoxy groups -OCH3 is 1. The SMILES string of the molecule is COc1cccc2oc(-c3nc4ccccc4c(=O)n3N=Cc3ccc(N(C)C)cc3OCc3ccccc3Cl)cc12. The monoisotopic (exact) mass is 578 g/mol. The van der Waals surface area contributed by atoms with Crippen molar-refractivity contribution in [3.8, 4) is 23.1 Å². The van der Waals surface area contributed by atoms with Crippen LogP contribution in [0.1, 0.15) is 11.1 Å². The van der Waals surface area contributed by atoms with E-state index in [-0.39, 0.29) is 18.0 Å². The van der Waals surface area contributed by atoms with Crippen molar-refractivity contribution < 1.29 is 13.9 Å². The highest BCUT2D eigenvalue weighted by molar-refractivity contribution is 6.31. The fraction of sp³-hybridized carbons (Fsp3) is 0.121. The van der Waals surface area contributed by atoms with E-state index in [1.54, 1.807) is 37.6 Å². The lowest BCUT2D eigenvalue weighted by atomic mass is 10.2. The Hall–Kier alpha value is -5.08. The molecule has 0 saturated carbocycles. The number of rotatable bonds is 8. The van der Waals surface area contributed by atoms with E-state index in [0.717, 1.165) is 16.6 Å². The molecule has 6 aromatic rings. The Morgan fingerprint density at radius 3 is 2.57 bits per heavy atom. The Kier molecular flexibility index (Phi) is 7.37. The number of para-hydroxylation sites is 1. The number of halogens is 1. The van der Waals surface area contributed by atoms with E-state index in [1.165, 1.54) is 4.68 Å². The van der Waals surface area contributed by atoms with Gasteiger partial charge in [-0.1, -0.05) is 48.0 Å². The number of aromatic nitrogens is 2. The molecule has 0 unspecified atom stereocenters. The molecule has 0 amide bonds. The minimum Gasteiger partial charge on any atom is -0.496 e. The Morgan fingerprint density at radius 2 is 1.76 bits per heavy atom. The van der Waals surface area contributed by atoms with Gasteiger partial charge in [-0.25, -0.2) is 4.98 Å². The summed E-state index contributed by atoms with van der Waals surface area (Å²) in [5.74, 6) is 1.88. The Morgan fingerprint density at radius 1 is 0.952 bits per heavy atom. The van der Waals surface area contributed by atoms with Gasteiger partial charge in [-0.05, 0) is 48.5 Å². The summed E-state index contributed by atoms with van der Waals surface area (Å²) in [4.78, 5) is 20.5. The van der Waals surface area contributed by atoms with E-state index in [4.69, 9.17) is 30.5 Å². The Bertz CT molecular complexity index is 2010. The number of ether oxygens (including phenoxy) is 2. The van der Waals surface area contributed by atoms with E-state index in [1.807, 2.05) is 85.7 Å². The molecule has 4 aromatic carbocycles. The molecule has 6 rings (SSSR count). The second-order valence-corrected chi connectivity index (χ2v) is 10.2. The highest BCUT2D eigenvalue weighted by Crippen LogP contribution is 2.33. The first kappa shape index (κ1) is 27.1. The molecule has 8 nitrogen and oxygen atoms in total. The standard InChI is InChI=1S/C33H27ClN4O4/c1-37(2)23-16-15-21(30(17-23)41-20-22-9-4-6-11-26(22)34)19-35-38-32(36-27-12-7-5-10-24(27)33(38)39)31-18-25-28(40-3)13-8-14-29(25)42-31/h4-19H,20H2,1-3H3. The van der Waals surface area contributed by atoms with E-state index in [0.29, 0.717) is 44.3 Å². The van der Waals surface area contributed by atoms with E-state index >= 15 is 0 Å². The molecule has 0 aliphatic carbocycles. The van der Waals surface area contributed by atoms with Crippen LogP contribution >= 0.6 is 11.6 Å². The predicted molar refractivity (Wildman–Crippen MR) is 167 cm³/mol. The van der Waals surface area contributed by atoms with Crippen LogP contribution in [0.15, 0.2) is 105 Å². The maximum Gasteiger partial charge on any atom is 0.282 e. The zero-order chi connectivity index (χ0) is 29.2. The number of fused-ring (bicyclic) bond motifs is 2. The van der Waals surface area contributed by atoms with Gasteiger partial charge in [0.15, 0.2) is 5.76 Å². The van der Waals surface area contributed by atoms with Gasteiger partial charge in [0.1, 0.15) is 23.7 Å². The number of hydrogen-bond donors (Lipinski definition) is 0. The van der Waals surface area contributed by atoms with Crippen LogP contribution in [0.3, 0.4) is 0 Å². The van der Waals surface area contributed by atoms with Gasteiger partial charge in [0.2, 0.25) is 5.82 Å². The van der Waals surface area contributed by atoms with Crippen LogP contribution in [0.2, 0.25) is 5.02 Å². The lowest BCUT2D eigenvalue weighted by Crippen LogP contribution is -2.20. The van der Waals surface area contributed by atoms with Gasteiger partial charge in [-0.3, -0.25) is 4.79 Å². The average molecular weight is 579 g/mol. The molecule has 0 bridgehead atoms. The Balaban J connectivity index is 1.47. The van der Waals surface area contributed by atoms with Gasteiger partial charge in [-0.2, -0.15) is 9.78 Å². The fourth-order valence-corrected chi connectivity index (χ4v) is 4.83. The number of anilines is 1. The molecular formula is C33H27ClN4O4. The van der Waals surface area contributed by atoms with Crippen molar-refractivity contribution in [1.82, 2.24) is 9.66 Å². The summed E-state index contributed by atoms with van der Waals surface area (Å²) in [6.07, 6.45) is 1.59. The number of benzene rings is 4. The zero-order valence-corrected chi connectivity index (χ0v) is 24.0. The summed E-state index contributed by atoms with van der Waals surface area (Å²) >= 11 is 6.37. The molecule has 210 valence electrons. The zero-order valence-electron chi connectivity index (χ0n) is 23.2. The molecule has 0 radical (unpaired) electrons. The molecule has 0 spiro atoms. The molecule has 0 aliphatic heterocycles. The summed E-state index contributed by atoms with van der Waals surface area (Å²) in [5.41, 5.74) is 3.29. The maximum absolute atomic E-state index is 13.7. The van der Waals surface area contributed by atoms with Crippen LogP contribution in [-0.2, 0) is 6.61 Å². The molecule has 42 heavy (non-hydrogen) atoms. The van der Waals surface area contributed by atoms with E-state index in [9.17, 15) is 4.79 Å². The second kappa shape index (κ2) is 11.4. The summed E-state index contributed by atoms with van der Waals surface area (Å²) in [6.45, 7) is 0.265. The van der Waals surface area contributed by atoms with Gasteiger partial charge in [0.05, 0.1) is 29.6 Å². The molecule has 9 heteroatoms. The number of hydrogen-bond acceptors (Lipinski definition) is 7.